The summed E-state index contributed by atoms with van der Waals surface area (Å²) in [5, 5.41) is 6.13. The topological polar surface area (TPSA) is 57.3 Å². The Morgan fingerprint density at radius 3 is 2.62 bits per heavy atom. The van der Waals surface area contributed by atoms with Gasteiger partial charge in [0.25, 0.3) is 5.91 Å². The minimum absolute atomic E-state index is 0.0350. The molecule has 0 atom stereocenters. The first kappa shape index (κ1) is 17.4. The first-order valence-electron chi connectivity index (χ1n) is 7.83. The van der Waals surface area contributed by atoms with Crippen LogP contribution in [-0.4, -0.2) is 48.5 Å². The Bertz CT molecular complexity index is 448. The molecule has 0 unspecified atom stereocenters. The van der Waals surface area contributed by atoms with Crippen molar-refractivity contribution in [1.29, 1.82) is 0 Å². The molecule has 0 radical (unpaired) electrons. The van der Waals surface area contributed by atoms with Crippen LogP contribution in [0.5, 0.6) is 0 Å². The minimum atomic E-state index is -0.0350. The normalized spacial score (nSPS) is 10.7. The predicted octanol–water partition coefficient (Wildman–Crippen LogP) is 2.28. The summed E-state index contributed by atoms with van der Waals surface area (Å²) in [6.45, 7) is 12.7. The van der Waals surface area contributed by atoms with Crippen molar-refractivity contribution in [3.63, 3.8) is 0 Å². The van der Waals surface area contributed by atoms with Crippen LogP contribution in [0.25, 0.3) is 0 Å². The van der Waals surface area contributed by atoms with Crippen LogP contribution in [0.2, 0.25) is 0 Å². The third-order valence-corrected chi connectivity index (χ3v) is 3.27. The maximum absolute atomic E-state index is 12.2. The Morgan fingerprint density at radius 2 is 2.00 bits per heavy atom. The highest BCUT2D eigenvalue weighted by Crippen LogP contribution is 2.09. The quantitative estimate of drug-likeness (QED) is 0.733. The molecule has 0 fully saturated rings. The summed E-state index contributed by atoms with van der Waals surface area (Å²) >= 11 is 0. The summed E-state index contributed by atoms with van der Waals surface area (Å²) in [5.74, 6) is 0.719. The number of likely N-dealkylation sites (N-methyl/N-ethyl adjacent to an activating group) is 1. The lowest BCUT2D eigenvalue weighted by Crippen LogP contribution is -2.35. The van der Waals surface area contributed by atoms with Crippen molar-refractivity contribution in [1.82, 2.24) is 15.2 Å². The van der Waals surface area contributed by atoms with E-state index in [1.165, 1.54) is 0 Å². The van der Waals surface area contributed by atoms with E-state index in [-0.39, 0.29) is 5.91 Å². The molecule has 0 saturated carbocycles. The van der Waals surface area contributed by atoms with Crippen LogP contribution in [-0.2, 0) is 0 Å². The molecule has 1 aromatic rings. The molecule has 0 aliphatic heterocycles. The molecule has 1 heterocycles. The number of pyridine rings is 1. The zero-order valence-electron chi connectivity index (χ0n) is 13.7. The number of anilines is 1. The van der Waals surface area contributed by atoms with Crippen LogP contribution in [0.1, 0.15) is 43.2 Å². The fourth-order valence-corrected chi connectivity index (χ4v) is 2.25. The molecule has 0 aliphatic rings. The molecule has 0 aliphatic carbocycles. The Labute approximate surface area is 128 Å². The summed E-state index contributed by atoms with van der Waals surface area (Å²) < 4.78 is 0. The summed E-state index contributed by atoms with van der Waals surface area (Å²) in [7, 11) is 0. The van der Waals surface area contributed by atoms with Gasteiger partial charge in [-0.15, -0.1) is 0 Å². The van der Waals surface area contributed by atoms with Gasteiger partial charge >= 0.3 is 0 Å². The number of hydrogen-bond acceptors (Lipinski definition) is 4. The third kappa shape index (κ3) is 6.12. The lowest BCUT2D eigenvalue weighted by Gasteiger charge is -2.19. The van der Waals surface area contributed by atoms with Crippen LogP contribution in [0.3, 0.4) is 0 Å². The largest absolute Gasteiger partial charge is 0.370 e. The van der Waals surface area contributed by atoms with Crippen molar-refractivity contribution in [2.45, 2.75) is 34.1 Å². The van der Waals surface area contributed by atoms with Gasteiger partial charge in [-0.2, -0.15) is 0 Å². The van der Waals surface area contributed by atoms with Crippen molar-refractivity contribution in [2.24, 2.45) is 0 Å². The standard InChI is InChI=1S/C16H28N4O/c1-5-9-20(7-3)10-8-18-16(21)14-11-13(4)19-15(12-14)17-6-2/h11-12H,5-10H2,1-4H3,(H,17,19)(H,18,21). The van der Waals surface area contributed by atoms with Gasteiger partial charge in [0.2, 0.25) is 0 Å². The van der Waals surface area contributed by atoms with E-state index in [0.717, 1.165) is 44.1 Å². The minimum Gasteiger partial charge on any atom is -0.370 e. The molecule has 1 aromatic heterocycles. The average molecular weight is 292 g/mol. The van der Waals surface area contributed by atoms with Gasteiger partial charge in [-0.25, -0.2) is 4.98 Å². The summed E-state index contributed by atoms with van der Waals surface area (Å²) in [6, 6.07) is 3.62. The zero-order valence-corrected chi connectivity index (χ0v) is 13.7. The van der Waals surface area contributed by atoms with Gasteiger partial charge in [0.1, 0.15) is 5.82 Å². The van der Waals surface area contributed by atoms with Gasteiger partial charge in [-0.1, -0.05) is 13.8 Å². The molecule has 1 amide bonds. The fourth-order valence-electron chi connectivity index (χ4n) is 2.25. The smallest absolute Gasteiger partial charge is 0.251 e. The van der Waals surface area contributed by atoms with Crippen molar-refractivity contribution in [2.75, 3.05) is 38.0 Å². The van der Waals surface area contributed by atoms with Gasteiger partial charge in [0.05, 0.1) is 0 Å². The monoisotopic (exact) mass is 292 g/mol. The molecule has 5 nitrogen and oxygen atoms in total. The highest BCUT2D eigenvalue weighted by atomic mass is 16.1. The Balaban J connectivity index is 2.55. The van der Waals surface area contributed by atoms with Crippen LogP contribution in [0.15, 0.2) is 12.1 Å². The maximum atomic E-state index is 12.2. The van der Waals surface area contributed by atoms with Crippen LogP contribution < -0.4 is 10.6 Å². The van der Waals surface area contributed by atoms with E-state index < -0.39 is 0 Å². The number of aryl methyl sites for hydroxylation is 1. The lowest BCUT2D eigenvalue weighted by molar-refractivity contribution is 0.0948. The van der Waals surface area contributed by atoms with E-state index in [1.807, 2.05) is 19.9 Å². The van der Waals surface area contributed by atoms with Gasteiger partial charge in [-0.05, 0) is 45.5 Å². The SMILES string of the molecule is CCCN(CC)CCNC(=O)c1cc(C)nc(NCC)c1. The first-order chi connectivity index (χ1) is 10.1. The van der Waals surface area contributed by atoms with Gasteiger partial charge < -0.3 is 15.5 Å². The van der Waals surface area contributed by atoms with Crippen molar-refractivity contribution >= 4 is 11.7 Å². The molecule has 21 heavy (non-hydrogen) atoms. The van der Waals surface area contributed by atoms with E-state index in [0.29, 0.717) is 12.1 Å². The van der Waals surface area contributed by atoms with Gasteiger partial charge in [-0.3, -0.25) is 4.79 Å². The highest BCUT2D eigenvalue weighted by molar-refractivity contribution is 5.95. The van der Waals surface area contributed by atoms with Crippen molar-refractivity contribution in [3.8, 4) is 0 Å². The Morgan fingerprint density at radius 1 is 1.24 bits per heavy atom. The Hall–Kier alpha value is -1.62. The number of aromatic nitrogens is 1. The number of nitrogens with one attached hydrogen (secondary N) is 2. The molecule has 118 valence electrons. The number of carbonyl (C=O) groups excluding carboxylic acids is 1. The second-order valence-corrected chi connectivity index (χ2v) is 5.10. The molecule has 5 heteroatoms. The van der Waals surface area contributed by atoms with Gasteiger partial charge in [0.15, 0.2) is 0 Å². The van der Waals surface area contributed by atoms with Gasteiger partial charge in [0, 0.05) is 30.9 Å². The predicted molar refractivity (Wildman–Crippen MR) is 87.9 cm³/mol. The molecule has 0 saturated heterocycles. The van der Waals surface area contributed by atoms with E-state index in [9.17, 15) is 4.79 Å². The van der Waals surface area contributed by atoms with Crippen molar-refractivity contribution in [3.05, 3.63) is 23.4 Å². The fraction of sp³-hybridized carbons (Fsp3) is 0.625. The first-order valence-corrected chi connectivity index (χ1v) is 7.83. The zero-order chi connectivity index (χ0) is 15.7. The highest BCUT2D eigenvalue weighted by Gasteiger charge is 2.09. The number of rotatable bonds is 9. The van der Waals surface area contributed by atoms with E-state index in [1.54, 1.807) is 6.07 Å². The molecular formula is C16H28N4O. The van der Waals surface area contributed by atoms with E-state index in [4.69, 9.17) is 0 Å². The summed E-state index contributed by atoms with van der Waals surface area (Å²) in [6.07, 6.45) is 1.14. The van der Waals surface area contributed by atoms with Crippen molar-refractivity contribution < 1.29 is 4.79 Å². The summed E-state index contributed by atoms with van der Waals surface area (Å²) in [4.78, 5) is 18.9. The molecule has 0 spiro atoms. The van der Waals surface area contributed by atoms with E-state index in [2.05, 4.69) is 34.4 Å². The third-order valence-electron chi connectivity index (χ3n) is 3.27. The van der Waals surface area contributed by atoms with Crippen LogP contribution in [0, 0.1) is 6.92 Å². The molecule has 1 rings (SSSR count). The van der Waals surface area contributed by atoms with E-state index >= 15 is 0 Å². The maximum Gasteiger partial charge on any atom is 0.251 e. The number of nitrogens with zero attached hydrogens (tertiary/aromatic N) is 2. The average Bonchev–Trinajstić information content (AvgIpc) is 2.46. The lowest BCUT2D eigenvalue weighted by atomic mass is 10.2. The second-order valence-electron chi connectivity index (χ2n) is 5.10. The molecule has 0 aromatic carbocycles. The van der Waals surface area contributed by atoms with Crippen LogP contribution in [0.4, 0.5) is 5.82 Å². The Kier molecular flexibility index (Phi) is 7.75. The number of carbonyl (C=O) groups is 1. The van der Waals surface area contributed by atoms with Crippen LogP contribution >= 0.6 is 0 Å². The number of hydrogen-bond donors (Lipinski definition) is 2. The number of amides is 1. The molecule has 0 bridgehead atoms. The summed E-state index contributed by atoms with van der Waals surface area (Å²) in [5.41, 5.74) is 1.51. The molecule has 2 N–H and O–H groups in total. The second kappa shape index (κ2) is 9.34. The molecular weight excluding hydrogens is 264 g/mol.